The van der Waals surface area contributed by atoms with Gasteiger partial charge in [-0.25, -0.2) is 4.98 Å². The zero-order chi connectivity index (χ0) is 14.8. The van der Waals surface area contributed by atoms with Gasteiger partial charge in [0.25, 0.3) is 5.56 Å². The van der Waals surface area contributed by atoms with Gasteiger partial charge in [0.05, 0.1) is 18.5 Å². The fourth-order valence-electron chi connectivity index (χ4n) is 2.27. The van der Waals surface area contributed by atoms with Crippen LogP contribution >= 0.6 is 11.3 Å². The molecule has 1 fully saturated rings. The van der Waals surface area contributed by atoms with E-state index in [0.717, 1.165) is 39.7 Å². The molecule has 0 spiro atoms. The van der Waals surface area contributed by atoms with Crippen LogP contribution < -0.4 is 10.9 Å². The van der Waals surface area contributed by atoms with Crippen molar-refractivity contribution in [2.75, 3.05) is 19.8 Å². The number of thiophene rings is 1. The summed E-state index contributed by atoms with van der Waals surface area (Å²) in [7, 11) is 0. The van der Waals surface area contributed by atoms with Crippen molar-refractivity contribution < 1.29 is 4.74 Å². The molecule has 0 saturated heterocycles. The van der Waals surface area contributed by atoms with E-state index in [1.54, 1.807) is 11.3 Å². The van der Waals surface area contributed by atoms with Crippen LogP contribution in [0.2, 0.25) is 0 Å². The second-order valence-electron chi connectivity index (χ2n) is 5.67. The van der Waals surface area contributed by atoms with Crippen molar-refractivity contribution >= 4 is 21.6 Å². The summed E-state index contributed by atoms with van der Waals surface area (Å²) in [5.74, 6) is 1.49. The predicted octanol–water partition coefficient (Wildman–Crippen LogP) is 2.12. The smallest absolute Gasteiger partial charge is 0.259 e. The van der Waals surface area contributed by atoms with E-state index in [0.29, 0.717) is 19.0 Å². The molecule has 0 atom stereocenters. The standard InChI is InChI=1S/C15H21N3O2S/c1-9-10(2)21-15-13(9)14(19)17-12(18-15)7-16-5-6-20-8-11-3-4-11/h11,16H,3-8H2,1-2H3,(H,17,18,19). The van der Waals surface area contributed by atoms with Crippen LogP contribution in [0.3, 0.4) is 0 Å². The van der Waals surface area contributed by atoms with Crippen LogP contribution in [0.5, 0.6) is 0 Å². The molecule has 2 aromatic rings. The summed E-state index contributed by atoms with van der Waals surface area (Å²) >= 11 is 1.58. The Morgan fingerprint density at radius 2 is 2.24 bits per heavy atom. The Balaban J connectivity index is 1.55. The number of fused-ring (bicyclic) bond motifs is 1. The summed E-state index contributed by atoms with van der Waals surface area (Å²) in [4.78, 5) is 21.5. The Morgan fingerprint density at radius 1 is 1.43 bits per heavy atom. The molecule has 0 aliphatic heterocycles. The van der Waals surface area contributed by atoms with Crippen molar-refractivity contribution in [3.63, 3.8) is 0 Å². The van der Waals surface area contributed by atoms with Gasteiger partial charge < -0.3 is 15.0 Å². The number of aromatic amines is 1. The van der Waals surface area contributed by atoms with E-state index in [4.69, 9.17) is 4.74 Å². The Morgan fingerprint density at radius 3 is 3.00 bits per heavy atom. The third-order valence-corrected chi connectivity index (χ3v) is 4.96. The summed E-state index contributed by atoms with van der Waals surface area (Å²) in [5.41, 5.74) is 1.00. The minimum Gasteiger partial charge on any atom is -0.380 e. The first-order valence-corrected chi connectivity index (χ1v) is 8.24. The first kappa shape index (κ1) is 14.7. The molecular weight excluding hydrogens is 286 g/mol. The van der Waals surface area contributed by atoms with E-state index in [9.17, 15) is 4.79 Å². The third kappa shape index (κ3) is 3.51. The topological polar surface area (TPSA) is 67.0 Å². The first-order valence-electron chi connectivity index (χ1n) is 7.42. The molecule has 114 valence electrons. The molecule has 2 aromatic heterocycles. The zero-order valence-corrected chi connectivity index (χ0v) is 13.3. The van der Waals surface area contributed by atoms with Gasteiger partial charge in [0, 0.05) is 18.0 Å². The van der Waals surface area contributed by atoms with Crippen LogP contribution in [0.15, 0.2) is 4.79 Å². The quantitative estimate of drug-likeness (QED) is 0.769. The molecule has 0 aromatic carbocycles. The molecule has 0 bridgehead atoms. The highest BCUT2D eigenvalue weighted by atomic mass is 32.1. The summed E-state index contributed by atoms with van der Waals surface area (Å²) in [6.07, 6.45) is 2.64. The maximum absolute atomic E-state index is 12.1. The fraction of sp³-hybridized carbons (Fsp3) is 0.600. The van der Waals surface area contributed by atoms with Crippen molar-refractivity contribution in [3.05, 3.63) is 26.6 Å². The van der Waals surface area contributed by atoms with Crippen molar-refractivity contribution in [1.82, 2.24) is 15.3 Å². The number of H-pyrrole nitrogens is 1. The molecular formula is C15H21N3O2S. The second kappa shape index (κ2) is 6.25. The van der Waals surface area contributed by atoms with Gasteiger partial charge in [-0.1, -0.05) is 0 Å². The Labute approximate surface area is 127 Å². The van der Waals surface area contributed by atoms with Gasteiger partial charge in [0.15, 0.2) is 0 Å². The molecule has 3 rings (SSSR count). The molecule has 2 heterocycles. The van der Waals surface area contributed by atoms with Crippen LogP contribution in [-0.2, 0) is 11.3 Å². The van der Waals surface area contributed by atoms with E-state index < -0.39 is 0 Å². The van der Waals surface area contributed by atoms with Gasteiger partial charge in [-0.05, 0) is 38.2 Å². The number of nitrogens with one attached hydrogen (secondary N) is 2. The molecule has 2 N–H and O–H groups in total. The molecule has 1 aliphatic carbocycles. The molecule has 1 aliphatic rings. The van der Waals surface area contributed by atoms with Gasteiger partial charge in [0.2, 0.25) is 0 Å². The number of aryl methyl sites for hydroxylation is 2. The predicted molar refractivity (Wildman–Crippen MR) is 85.0 cm³/mol. The summed E-state index contributed by atoms with van der Waals surface area (Å²) in [6.45, 7) is 6.93. The molecule has 0 radical (unpaired) electrons. The summed E-state index contributed by atoms with van der Waals surface area (Å²) in [6, 6.07) is 0. The average Bonchev–Trinajstić information content (AvgIpc) is 3.21. The molecule has 0 unspecified atom stereocenters. The van der Waals surface area contributed by atoms with Crippen LogP contribution in [0, 0.1) is 19.8 Å². The monoisotopic (exact) mass is 307 g/mol. The lowest BCUT2D eigenvalue weighted by atomic mass is 10.2. The third-order valence-electron chi connectivity index (χ3n) is 3.85. The van der Waals surface area contributed by atoms with Crippen LogP contribution in [0.4, 0.5) is 0 Å². The zero-order valence-electron chi connectivity index (χ0n) is 12.5. The second-order valence-corrected chi connectivity index (χ2v) is 6.87. The van der Waals surface area contributed by atoms with Crippen molar-refractivity contribution in [1.29, 1.82) is 0 Å². The van der Waals surface area contributed by atoms with Gasteiger partial charge in [0.1, 0.15) is 10.7 Å². The molecule has 1 saturated carbocycles. The lowest BCUT2D eigenvalue weighted by molar-refractivity contribution is 0.126. The SMILES string of the molecule is Cc1sc2nc(CNCCOCC3CC3)[nH]c(=O)c2c1C. The average molecular weight is 307 g/mol. The van der Waals surface area contributed by atoms with E-state index >= 15 is 0 Å². The molecule has 21 heavy (non-hydrogen) atoms. The van der Waals surface area contributed by atoms with E-state index in [2.05, 4.69) is 15.3 Å². The Bertz CT molecular complexity index is 688. The van der Waals surface area contributed by atoms with Gasteiger partial charge in [-0.3, -0.25) is 4.79 Å². The number of ether oxygens (including phenoxy) is 1. The number of rotatable bonds is 7. The number of aromatic nitrogens is 2. The van der Waals surface area contributed by atoms with Crippen molar-refractivity contribution in [3.8, 4) is 0 Å². The maximum atomic E-state index is 12.1. The minimum atomic E-state index is -0.0383. The van der Waals surface area contributed by atoms with Crippen molar-refractivity contribution in [2.24, 2.45) is 5.92 Å². The van der Waals surface area contributed by atoms with Gasteiger partial charge in [-0.2, -0.15) is 0 Å². The summed E-state index contributed by atoms with van der Waals surface area (Å²) in [5, 5.41) is 3.99. The lowest BCUT2D eigenvalue weighted by Crippen LogP contribution is -2.23. The van der Waals surface area contributed by atoms with E-state index in [1.807, 2.05) is 13.8 Å². The highest BCUT2D eigenvalue weighted by molar-refractivity contribution is 7.18. The number of hydrogen-bond acceptors (Lipinski definition) is 5. The van der Waals surface area contributed by atoms with Crippen LogP contribution in [0.1, 0.15) is 29.1 Å². The van der Waals surface area contributed by atoms with Crippen LogP contribution in [0.25, 0.3) is 10.2 Å². The minimum absolute atomic E-state index is 0.0383. The lowest BCUT2D eigenvalue weighted by Gasteiger charge is -2.05. The van der Waals surface area contributed by atoms with E-state index in [1.165, 1.54) is 12.8 Å². The van der Waals surface area contributed by atoms with Gasteiger partial charge in [-0.15, -0.1) is 11.3 Å². The van der Waals surface area contributed by atoms with Crippen molar-refractivity contribution in [2.45, 2.75) is 33.2 Å². The molecule has 6 heteroatoms. The highest BCUT2D eigenvalue weighted by Gasteiger charge is 2.20. The van der Waals surface area contributed by atoms with Crippen LogP contribution in [-0.4, -0.2) is 29.7 Å². The Kier molecular flexibility index (Phi) is 4.37. The Hall–Kier alpha value is -1.24. The largest absolute Gasteiger partial charge is 0.380 e. The molecule has 5 nitrogen and oxygen atoms in total. The normalized spacial score (nSPS) is 15.0. The highest BCUT2D eigenvalue weighted by Crippen LogP contribution is 2.28. The molecule has 0 amide bonds. The van der Waals surface area contributed by atoms with E-state index in [-0.39, 0.29) is 5.56 Å². The summed E-state index contributed by atoms with van der Waals surface area (Å²) < 4.78 is 5.56. The number of hydrogen-bond donors (Lipinski definition) is 2. The number of nitrogens with zero attached hydrogens (tertiary/aromatic N) is 1. The maximum Gasteiger partial charge on any atom is 0.259 e. The first-order chi connectivity index (χ1) is 10.1. The fourth-order valence-corrected chi connectivity index (χ4v) is 3.32. The van der Waals surface area contributed by atoms with Gasteiger partial charge >= 0.3 is 0 Å².